The van der Waals surface area contributed by atoms with E-state index in [0.29, 0.717) is 17.9 Å². The summed E-state index contributed by atoms with van der Waals surface area (Å²) in [6, 6.07) is 9.95. The van der Waals surface area contributed by atoms with Gasteiger partial charge in [0.15, 0.2) is 5.65 Å². The van der Waals surface area contributed by atoms with Gasteiger partial charge in [0.2, 0.25) is 0 Å². The Bertz CT molecular complexity index is 1410. The molecule has 2 saturated carbocycles. The Balaban J connectivity index is 1.17. The Morgan fingerprint density at radius 2 is 1.68 bits per heavy atom. The summed E-state index contributed by atoms with van der Waals surface area (Å²) in [5.74, 6) is 1.31. The number of rotatable bonds is 5. The van der Waals surface area contributed by atoms with Crippen LogP contribution in [0.4, 0.5) is 5.82 Å². The van der Waals surface area contributed by atoms with Gasteiger partial charge in [-0.25, -0.2) is 14.6 Å². The van der Waals surface area contributed by atoms with E-state index in [4.69, 9.17) is 15.6 Å². The molecule has 0 spiro atoms. The minimum atomic E-state index is 0.332. The van der Waals surface area contributed by atoms with Crippen LogP contribution in [0.5, 0.6) is 0 Å². The molecule has 7 rings (SSSR count). The number of hydrogen-bond acceptors (Lipinski definition) is 6. The van der Waals surface area contributed by atoms with Gasteiger partial charge in [0, 0.05) is 48.3 Å². The van der Waals surface area contributed by atoms with Crippen LogP contribution in [0.3, 0.4) is 0 Å². The highest BCUT2D eigenvalue weighted by atomic mass is 16.5. The first-order valence-corrected chi connectivity index (χ1v) is 14.6. The van der Waals surface area contributed by atoms with Crippen LogP contribution in [-0.4, -0.2) is 61.6 Å². The molecule has 2 aliphatic carbocycles. The molecule has 1 aromatic carbocycles. The number of nitrogens with zero attached hydrogens (tertiary/aromatic N) is 6. The van der Waals surface area contributed by atoms with E-state index in [1.54, 1.807) is 6.33 Å². The monoisotopic (exact) mass is 513 g/mol. The second-order valence-electron chi connectivity index (χ2n) is 11.6. The van der Waals surface area contributed by atoms with Crippen molar-refractivity contribution in [3.63, 3.8) is 0 Å². The summed E-state index contributed by atoms with van der Waals surface area (Å²) < 4.78 is 10.2. The molecule has 3 aliphatic rings. The summed E-state index contributed by atoms with van der Waals surface area (Å²) in [6.45, 7) is 4.95. The fourth-order valence-corrected chi connectivity index (χ4v) is 7.22. The Hall–Kier alpha value is -2.97. The first-order chi connectivity index (χ1) is 18.7. The fourth-order valence-electron chi connectivity index (χ4n) is 7.22. The maximum atomic E-state index is 6.45. The largest absolute Gasteiger partial charge is 0.383 e. The number of ether oxygens (including phenoxy) is 1. The Morgan fingerprint density at radius 3 is 2.50 bits per heavy atom. The minimum Gasteiger partial charge on any atom is -0.383 e. The number of benzene rings is 1. The Morgan fingerprint density at radius 1 is 0.895 bits per heavy atom. The van der Waals surface area contributed by atoms with Gasteiger partial charge in [0.25, 0.3) is 0 Å². The zero-order chi connectivity index (χ0) is 25.5. The van der Waals surface area contributed by atoms with Crippen molar-refractivity contribution in [1.82, 2.24) is 29.2 Å². The first-order valence-electron chi connectivity index (χ1n) is 14.6. The van der Waals surface area contributed by atoms with Crippen LogP contribution in [0, 0.1) is 5.92 Å². The van der Waals surface area contributed by atoms with Crippen molar-refractivity contribution < 1.29 is 4.74 Å². The van der Waals surface area contributed by atoms with Gasteiger partial charge in [-0.1, -0.05) is 25.3 Å². The van der Waals surface area contributed by atoms with Crippen LogP contribution in [0.25, 0.3) is 33.2 Å². The molecule has 0 radical (unpaired) electrons. The average molecular weight is 514 g/mol. The van der Waals surface area contributed by atoms with E-state index >= 15 is 0 Å². The zero-order valence-corrected chi connectivity index (χ0v) is 22.3. The number of nitrogens with two attached hydrogens (primary N) is 1. The van der Waals surface area contributed by atoms with Gasteiger partial charge in [0.05, 0.1) is 24.6 Å². The highest BCUT2D eigenvalue weighted by Gasteiger charge is 2.30. The van der Waals surface area contributed by atoms with Crippen molar-refractivity contribution in [2.75, 3.05) is 32.0 Å². The van der Waals surface area contributed by atoms with Gasteiger partial charge < -0.3 is 15.0 Å². The maximum absolute atomic E-state index is 6.45. The van der Waals surface area contributed by atoms with Crippen molar-refractivity contribution in [1.29, 1.82) is 0 Å². The van der Waals surface area contributed by atoms with Gasteiger partial charge in [-0.15, -0.1) is 0 Å². The van der Waals surface area contributed by atoms with Gasteiger partial charge >= 0.3 is 0 Å². The number of hydrogen-bond donors (Lipinski definition) is 1. The van der Waals surface area contributed by atoms with Crippen LogP contribution in [0.1, 0.15) is 63.8 Å². The van der Waals surface area contributed by atoms with Crippen molar-refractivity contribution in [3.8, 4) is 11.3 Å². The topological polar surface area (TPSA) is 87.0 Å². The predicted octanol–water partition coefficient (Wildman–Crippen LogP) is 5.43. The van der Waals surface area contributed by atoms with E-state index in [0.717, 1.165) is 73.9 Å². The lowest BCUT2D eigenvalue weighted by atomic mass is 9.89. The van der Waals surface area contributed by atoms with Crippen LogP contribution < -0.4 is 5.73 Å². The second-order valence-corrected chi connectivity index (χ2v) is 11.6. The number of morpholine rings is 1. The molecule has 8 nitrogen and oxygen atoms in total. The molecule has 38 heavy (non-hydrogen) atoms. The molecule has 0 bridgehead atoms. The Labute approximate surface area is 224 Å². The van der Waals surface area contributed by atoms with Gasteiger partial charge in [-0.2, -0.15) is 5.10 Å². The average Bonchev–Trinajstić information content (AvgIpc) is 3.56. The quantitative estimate of drug-likeness (QED) is 0.383. The molecular formula is C30H39N7O. The molecule has 8 heteroatoms. The highest BCUT2D eigenvalue weighted by molar-refractivity contribution is 6.00. The Kier molecular flexibility index (Phi) is 6.53. The van der Waals surface area contributed by atoms with E-state index in [9.17, 15) is 0 Å². The summed E-state index contributed by atoms with van der Waals surface area (Å²) >= 11 is 0. The summed E-state index contributed by atoms with van der Waals surface area (Å²) in [4.78, 5) is 11.6. The second kappa shape index (κ2) is 10.3. The molecule has 0 atom stereocenters. The van der Waals surface area contributed by atoms with Crippen molar-refractivity contribution in [2.45, 2.75) is 76.4 Å². The maximum Gasteiger partial charge on any atom is 0.164 e. The lowest BCUT2D eigenvalue weighted by Crippen LogP contribution is -2.45. The normalized spacial score (nSPS) is 23.9. The molecule has 4 aromatic rings. The molecule has 3 aromatic heterocycles. The van der Waals surface area contributed by atoms with E-state index < -0.39 is 0 Å². The molecule has 4 heterocycles. The molecule has 0 amide bonds. The van der Waals surface area contributed by atoms with Crippen LogP contribution >= 0.6 is 0 Å². The number of fused-ring (bicyclic) bond motifs is 2. The SMILES string of the molecule is Nc1ncnc2c1c(-c1ccc3c(ccn3CC3CCCCC3)c1)nn2[C@H]1CC[C@H](N2CCOCC2)CC1. The fraction of sp³-hybridized carbons (Fsp3) is 0.567. The van der Waals surface area contributed by atoms with Crippen molar-refractivity contribution in [2.24, 2.45) is 5.92 Å². The molecule has 0 unspecified atom stereocenters. The van der Waals surface area contributed by atoms with Crippen LogP contribution in [0.15, 0.2) is 36.8 Å². The first kappa shape index (κ1) is 24.1. The lowest BCUT2D eigenvalue weighted by Gasteiger charge is -2.38. The molecular weight excluding hydrogens is 474 g/mol. The predicted molar refractivity (Wildman–Crippen MR) is 151 cm³/mol. The minimum absolute atomic E-state index is 0.332. The van der Waals surface area contributed by atoms with Gasteiger partial charge in [0.1, 0.15) is 17.8 Å². The number of nitrogen functional groups attached to an aromatic ring is 1. The van der Waals surface area contributed by atoms with E-state index in [2.05, 4.69) is 54.6 Å². The van der Waals surface area contributed by atoms with Gasteiger partial charge in [-0.3, -0.25) is 4.90 Å². The molecule has 200 valence electrons. The summed E-state index contributed by atoms with van der Waals surface area (Å²) in [5, 5.41) is 7.31. The van der Waals surface area contributed by atoms with Gasteiger partial charge in [-0.05, 0) is 62.6 Å². The number of anilines is 1. The van der Waals surface area contributed by atoms with E-state index in [-0.39, 0.29) is 0 Å². The zero-order valence-electron chi connectivity index (χ0n) is 22.3. The molecule has 1 saturated heterocycles. The lowest BCUT2D eigenvalue weighted by molar-refractivity contribution is 0.00520. The van der Waals surface area contributed by atoms with Crippen LogP contribution in [0.2, 0.25) is 0 Å². The van der Waals surface area contributed by atoms with E-state index in [1.807, 2.05) is 0 Å². The molecule has 2 N–H and O–H groups in total. The summed E-state index contributed by atoms with van der Waals surface area (Å²) in [6.07, 6.45) is 15.3. The highest BCUT2D eigenvalue weighted by Crippen LogP contribution is 2.38. The summed E-state index contributed by atoms with van der Waals surface area (Å²) in [5.41, 5.74) is 10.6. The third kappa shape index (κ3) is 4.47. The molecule has 3 fully saturated rings. The van der Waals surface area contributed by atoms with Crippen LogP contribution in [-0.2, 0) is 11.3 Å². The summed E-state index contributed by atoms with van der Waals surface area (Å²) in [7, 11) is 0. The number of aromatic nitrogens is 5. The van der Waals surface area contributed by atoms with E-state index in [1.165, 1.54) is 55.8 Å². The van der Waals surface area contributed by atoms with Crippen molar-refractivity contribution in [3.05, 3.63) is 36.8 Å². The third-order valence-electron chi connectivity index (χ3n) is 9.32. The smallest absolute Gasteiger partial charge is 0.164 e. The standard InChI is InChI=1S/C30H39N7O/c31-29-27-28(23-6-11-26-22(18-23)12-13-36(26)19-21-4-2-1-3-5-21)34-37(30(27)33-20-32-29)25-9-7-24(8-10-25)35-14-16-38-17-15-35/h6,11-13,18,20-21,24-25H,1-5,7-10,14-17,19H2,(H2,31,32,33)/t24-,25-. The molecule has 1 aliphatic heterocycles. The third-order valence-corrected chi connectivity index (χ3v) is 9.32. The van der Waals surface area contributed by atoms with Crippen molar-refractivity contribution >= 4 is 27.8 Å².